The molecule has 4 unspecified atom stereocenters. The van der Waals surface area contributed by atoms with E-state index in [0.29, 0.717) is 6.42 Å². The van der Waals surface area contributed by atoms with Crippen molar-refractivity contribution >= 4 is 23.8 Å². The van der Waals surface area contributed by atoms with Crippen LogP contribution < -0.4 is 16.4 Å². The molecule has 25 heavy (non-hydrogen) atoms. The van der Waals surface area contributed by atoms with Crippen molar-refractivity contribution in [2.45, 2.75) is 65.1 Å². The summed E-state index contributed by atoms with van der Waals surface area (Å²) in [6, 6.07) is -3.45. The van der Waals surface area contributed by atoms with E-state index in [4.69, 9.17) is 10.8 Å². The molecule has 0 aromatic rings. The fourth-order valence-corrected chi connectivity index (χ4v) is 2.13. The van der Waals surface area contributed by atoms with E-state index in [-0.39, 0.29) is 18.3 Å². The van der Waals surface area contributed by atoms with Gasteiger partial charge >= 0.3 is 11.9 Å². The molecule has 0 spiro atoms. The normalized spacial score (nSPS) is 15.8. The third kappa shape index (κ3) is 8.48. The number of carbonyl (C=O) groups excluding carboxylic acids is 2. The van der Waals surface area contributed by atoms with Gasteiger partial charge in [0.2, 0.25) is 11.8 Å². The first-order chi connectivity index (χ1) is 11.5. The van der Waals surface area contributed by atoms with Crippen LogP contribution in [0.15, 0.2) is 0 Å². The highest BCUT2D eigenvalue weighted by molar-refractivity contribution is 5.93. The molecule has 0 aromatic carbocycles. The topological polar surface area (TPSA) is 159 Å². The highest BCUT2D eigenvalue weighted by Crippen LogP contribution is 2.08. The Labute approximate surface area is 147 Å². The second-order valence-corrected chi connectivity index (χ2v) is 6.60. The zero-order valence-corrected chi connectivity index (χ0v) is 15.1. The van der Waals surface area contributed by atoms with Crippen LogP contribution in [0.3, 0.4) is 0 Å². The molecule has 2 amide bonds. The molecule has 0 aromatic heterocycles. The van der Waals surface area contributed by atoms with E-state index >= 15 is 0 Å². The van der Waals surface area contributed by atoms with Crippen molar-refractivity contribution in [2.75, 3.05) is 0 Å². The Morgan fingerprint density at radius 1 is 0.960 bits per heavy atom. The summed E-state index contributed by atoms with van der Waals surface area (Å²) in [4.78, 5) is 46.6. The van der Waals surface area contributed by atoms with E-state index in [1.54, 1.807) is 20.8 Å². The smallest absolute Gasteiger partial charge is 0.326 e. The number of carbonyl (C=O) groups is 4. The van der Waals surface area contributed by atoms with Gasteiger partial charge < -0.3 is 26.6 Å². The molecule has 0 aliphatic rings. The number of carboxylic acids is 2. The lowest BCUT2D eigenvalue weighted by Gasteiger charge is -2.24. The molecule has 0 bridgehead atoms. The van der Waals surface area contributed by atoms with Gasteiger partial charge in [0.05, 0.1) is 12.5 Å². The van der Waals surface area contributed by atoms with Gasteiger partial charge in [0.15, 0.2) is 0 Å². The van der Waals surface area contributed by atoms with Gasteiger partial charge in [0, 0.05) is 0 Å². The fourth-order valence-electron chi connectivity index (χ4n) is 2.13. The number of hydrogen-bond donors (Lipinski definition) is 5. The highest BCUT2D eigenvalue weighted by Gasteiger charge is 2.30. The van der Waals surface area contributed by atoms with Crippen LogP contribution in [-0.2, 0) is 19.2 Å². The van der Waals surface area contributed by atoms with E-state index < -0.39 is 48.3 Å². The van der Waals surface area contributed by atoms with Crippen molar-refractivity contribution in [1.82, 2.24) is 10.6 Å². The zero-order chi connectivity index (χ0) is 19.7. The minimum Gasteiger partial charge on any atom is -0.481 e. The van der Waals surface area contributed by atoms with E-state index in [1.165, 1.54) is 0 Å². The Balaban J connectivity index is 5.11. The van der Waals surface area contributed by atoms with Crippen LogP contribution in [0.2, 0.25) is 0 Å². The van der Waals surface area contributed by atoms with E-state index in [9.17, 15) is 24.3 Å². The predicted molar refractivity (Wildman–Crippen MR) is 90.6 cm³/mol. The van der Waals surface area contributed by atoms with Crippen molar-refractivity contribution in [1.29, 1.82) is 0 Å². The van der Waals surface area contributed by atoms with Gasteiger partial charge in [-0.3, -0.25) is 14.4 Å². The molecular weight excluding hydrogens is 330 g/mol. The third-order valence-electron chi connectivity index (χ3n) is 3.89. The Kier molecular flexibility index (Phi) is 9.73. The lowest BCUT2D eigenvalue weighted by molar-refractivity contribution is -0.143. The van der Waals surface area contributed by atoms with Crippen molar-refractivity contribution in [2.24, 2.45) is 17.6 Å². The first kappa shape index (κ1) is 22.8. The minimum atomic E-state index is -1.39. The molecule has 0 saturated carbocycles. The summed E-state index contributed by atoms with van der Waals surface area (Å²) in [6.45, 7) is 7.20. The van der Waals surface area contributed by atoms with Crippen LogP contribution in [-0.4, -0.2) is 52.1 Å². The van der Waals surface area contributed by atoms with Gasteiger partial charge in [0.25, 0.3) is 0 Å². The van der Waals surface area contributed by atoms with Gasteiger partial charge in [-0.25, -0.2) is 4.79 Å². The number of rotatable bonds is 11. The Bertz CT molecular complexity index is 494. The van der Waals surface area contributed by atoms with E-state index in [2.05, 4.69) is 10.6 Å². The van der Waals surface area contributed by atoms with Crippen molar-refractivity contribution in [3.63, 3.8) is 0 Å². The Morgan fingerprint density at radius 3 is 1.88 bits per heavy atom. The van der Waals surface area contributed by atoms with Crippen LogP contribution in [0.25, 0.3) is 0 Å². The van der Waals surface area contributed by atoms with Crippen LogP contribution in [0.4, 0.5) is 0 Å². The Hall–Kier alpha value is -2.16. The molecule has 144 valence electrons. The van der Waals surface area contributed by atoms with E-state index in [1.807, 2.05) is 6.92 Å². The number of nitrogens with one attached hydrogen (secondary N) is 2. The van der Waals surface area contributed by atoms with Gasteiger partial charge in [0.1, 0.15) is 12.1 Å². The Morgan fingerprint density at radius 2 is 1.48 bits per heavy atom. The van der Waals surface area contributed by atoms with Crippen LogP contribution in [0.5, 0.6) is 0 Å². The maximum Gasteiger partial charge on any atom is 0.326 e. The minimum absolute atomic E-state index is 0.00717. The monoisotopic (exact) mass is 359 g/mol. The number of amides is 2. The van der Waals surface area contributed by atoms with Crippen LogP contribution in [0, 0.1) is 11.8 Å². The van der Waals surface area contributed by atoms with Gasteiger partial charge in [-0.2, -0.15) is 0 Å². The van der Waals surface area contributed by atoms with E-state index in [0.717, 1.165) is 0 Å². The summed E-state index contributed by atoms with van der Waals surface area (Å²) in [5, 5.41) is 22.7. The summed E-state index contributed by atoms with van der Waals surface area (Å²) in [6.07, 6.45) is 0.153. The van der Waals surface area contributed by atoms with Crippen molar-refractivity contribution < 1.29 is 29.4 Å². The molecule has 0 heterocycles. The summed E-state index contributed by atoms with van der Waals surface area (Å²) < 4.78 is 0. The largest absolute Gasteiger partial charge is 0.481 e. The highest BCUT2D eigenvalue weighted by atomic mass is 16.4. The third-order valence-corrected chi connectivity index (χ3v) is 3.89. The molecule has 0 fully saturated rings. The fraction of sp³-hybridized carbons (Fsp3) is 0.750. The van der Waals surface area contributed by atoms with Gasteiger partial charge in [-0.15, -0.1) is 0 Å². The van der Waals surface area contributed by atoms with Crippen molar-refractivity contribution in [3.05, 3.63) is 0 Å². The molecule has 9 heteroatoms. The second kappa shape index (κ2) is 10.7. The van der Waals surface area contributed by atoms with Gasteiger partial charge in [-0.05, 0) is 18.3 Å². The molecule has 0 rings (SSSR count). The second-order valence-electron chi connectivity index (χ2n) is 6.60. The molecule has 0 radical (unpaired) electrons. The average Bonchev–Trinajstić information content (AvgIpc) is 2.50. The van der Waals surface area contributed by atoms with Crippen LogP contribution >= 0.6 is 0 Å². The molecule has 6 N–H and O–H groups in total. The maximum absolute atomic E-state index is 12.3. The molecule has 9 nitrogen and oxygen atoms in total. The molecule has 0 aliphatic heterocycles. The lowest BCUT2D eigenvalue weighted by Crippen LogP contribution is -2.56. The number of carboxylic acid groups (broad SMARTS) is 2. The molecule has 0 aliphatic carbocycles. The summed E-state index contributed by atoms with van der Waals surface area (Å²) in [5.74, 6) is -4.17. The average molecular weight is 359 g/mol. The zero-order valence-electron chi connectivity index (χ0n) is 15.1. The predicted octanol–water partition coefficient (Wildman–Crippen LogP) is -0.0652. The summed E-state index contributed by atoms with van der Waals surface area (Å²) in [7, 11) is 0. The number of nitrogens with two attached hydrogens (primary N) is 1. The van der Waals surface area contributed by atoms with Gasteiger partial charge in [-0.1, -0.05) is 34.1 Å². The molecule has 0 saturated heterocycles. The number of aliphatic carboxylic acids is 2. The quantitative estimate of drug-likeness (QED) is 0.345. The summed E-state index contributed by atoms with van der Waals surface area (Å²) >= 11 is 0. The molecule has 4 atom stereocenters. The first-order valence-corrected chi connectivity index (χ1v) is 8.30. The van der Waals surface area contributed by atoms with Crippen molar-refractivity contribution in [3.8, 4) is 0 Å². The standard InChI is InChI=1S/C16H29N3O6/c1-5-9(4)13(17)15(23)18-10(7-12(20)21)14(22)19-11(16(24)25)6-8(2)3/h8-11,13H,5-7,17H2,1-4H3,(H,18,23)(H,19,22)(H,20,21)(H,24,25). The maximum atomic E-state index is 12.3. The summed E-state index contributed by atoms with van der Waals surface area (Å²) in [5.41, 5.74) is 5.78. The first-order valence-electron chi connectivity index (χ1n) is 8.30. The van der Waals surface area contributed by atoms with Crippen LogP contribution in [0.1, 0.15) is 47.0 Å². The SMILES string of the molecule is CCC(C)C(N)C(=O)NC(CC(=O)O)C(=O)NC(CC(C)C)C(=O)O. The molecular formula is C16H29N3O6. The number of hydrogen-bond acceptors (Lipinski definition) is 5. The lowest BCUT2D eigenvalue weighted by atomic mass is 9.98.